The van der Waals surface area contributed by atoms with Gasteiger partial charge in [0.15, 0.2) is 12.5 Å². The molecule has 4 aromatic rings. The van der Waals surface area contributed by atoms with Crippen molar-refractivity contribution >= 4 is 23.1 Å². The molecule has 14 heteroatoms. The van der Waals surface area contributed by atoms with E-state index in [0.717, 1.165) is 46.6 Å². The summed E-state index contributed by atoms with van der Waals surface area (Å²) in [4.78, 5) is 27.0. The van der Waals surface area contributed by atoms with Gasteiger partial charge in [-0.2, -0.15) is 5.53 Å². The predicted molar refractivity (Wildman–Crippen MR) is 184 cm³/mol. The van der Waals surface area contributed by atoms with E-state index in [1.54, 1.807) is 7.11 Å². The Labute approximate surface area is 282 Å². The first-order valence-electron chi connectivity index (χ1n) is 15.9. The van der Waals surface area contributed by atoms with Crippen molar-refractivity contribution in [3.8, 4) is 5.75 Å². The highest BCUT2D eigenvalue weighted by Gasteiger charge is 2.52. The third-order valence-corrected chi connectivity index (χ3v) is 10.2. The molecule has 48 heavy (non-hydrogen) atoms. The molecule has 8 N–H and O–H groups in total. The van der Waals surface area contributed by atoms with Crippen LogP contribution in [0.1, 0.15) is 65.7 Å². The first-order valence-corrected chi connectivity index (χ1v) is 16.7. The summed E-state index contributed by atoms with van der Waals surface area (Å²) in [5, 5.41) is 9.61. The average Bonchev–Trinajstić information content (AvgIpc) is 3.62. The molecule has 13 nitrogen and oxygen atoms in total. The van der Waals surface area contributed by atoms with Crippen molar-refractivity contribution in [1.82, 2.24) is 26.2 Å². The maximum absolute atomic E-state index is 13.6. The highest BCUT2D eigenvalue weighted by atomic mass is 32.1. The number of fused-ring (bicyclic) bond motifs is 1. The minimum atomic E-state index is -1.09. The van der Waals surface area contributed by atoms with Crippen molar-refractivity contribution in [2.24, 2.45) is 11.0 Å². The number of aromatic nitrogens is 1. The zero-order chi connectivity index (χ0) is 33.9. The van der Waals surface area contributed by atoms with Gasteiger partial charge in [0.2, 0.25) is 0 Å². The Bertz CT molecular complexity index is 1740. The third kappa shape index (κ3) is 5.97. The van der Waals surface area contributed by atoms with Gasteiger partial charge in [0, 0.05) is 0 Å². The van der Waals surface area contributed by atoms with Crippen LogP contribution in [-0.2, 0) is 10.3 Å². The number of benzene rings is 3. The first-order chi connectivity index (χ1) is 23.2. The molecule has 6 rings (SSSR count). The number of hydrogen-bond acceptors (Lipinski definition) is 11. The third-order valence-electron chi connectivity index (χ3n) is 9.22. The van der Waals surface area contributed by atoms with Gasteiger partial charge in [-0.05, 0) is 48.6 Å². The fraction of sp³-hybridized carbons (Fsp3) is 0.353. The molecule has 2 aliphatic heterocycles. The number of nitrogens with one attached hydrogen (secondary N) is 6. The normalized spacial score (nSPS) is 22.7. The second kappa shape index (κ2) is 13.9. The van der Waals surface area contributed by atoms with Crippen molar-refractivity contribution in [3.05, 3.63) is 116 Å². The first kappa shape index (κ1) is 33.3. The van der Waals surface area contributed by atoms with Crippen LogP contribution in [0.3, 0.4) is 0 Å². The van der Waals surface area contributed by atoms with E-state index >= 15 is 0 Å². The topological polar surface area (TPSA) is 180 Å². The fourth-order valence-corrected chi connectivity index (χ4v) is 7.56. The Morgan fingerprint density at radius 1 is 1.06 bits per heavy atom. The van der Waals surface area contributed by atoms with E-state index in [4.69, 9.17) is 20.7 Å². The number of hydrogen-bond donors (Lipinski definition) is 7. The largest absolute Gasteiger partial charge is 0.497 e. The van der Waals surface area contributed by atoms with Crippen LogP contribution in [0.5, 0.6) is 5.75 Å². The highest BCUT2D eigenvalue weighted by molar-refractivity contribution is 7.12. The van der Waals surface area contributed by atoms with Crippen molar-refractivity contribution in [1.29, 1.82) is 5.53 Å². The summed E-state index contributed by atoms with van der Waals surface area (Å²) in [5.41, 5.74) is 24.8. The number of thiazole rings is 1. The van der Waals surface area contributed by atoms with Crippen LogP contribution in [0.15, 0.2) is 94.9 Å². The van der Waals surface area contributed by atoms with Gasteiger partial charge in [0.25, 0.3) is 5.91 Å². The summed E-state index contributed by atoms with van der Waals surface area (Å²) >= 11 is 0.828. The Balaban J connectivity index is 1.38. The van der Waals surface area contributed by atoms with Crippen LogP contribution in [0.25, 0.3) is 0 Å². The van der Waals surface area contributed by atoms with Gasteiger partial charge in [0.05, 0.1) is 24.8 Å². The fourth-order valence-electron chi connectivity index (χ4n) is 6.70. The molecule has 1 fully saturated rings. The highest BCUT2D eigenvalue weighted by Crippen LogP contribution is 2.43. The lowest BCUT2D eigenvalue weighted by Gasteiger charge is -2.40. The number of anilines is 1. The summed E-state index contributed by atoms with van der Waals surface area (Å²) in [6.45, 7) is 3.87. The molecular formula is C34H41N9O4S. The van der Waals surface area contributed by atoms with Gasteiger partial charge in [-0.1, -0.05) is 103 Å². The van der Waals surface area contributed by atoms with E-state index in [1.165, 1.54) is 4.57 Å². The van der Waals surface area contributed by atoms with Crippen LogP contribution in [-0.4, -0.2) is 41.6 Å². The van der Waals surface area contributed by atoms with E-state index in [2.05, 4.69) is 39.1 Å². The molecule has 0 bridgehead atoms. The second-order valence-corrected chi connectivity index (χ2v) is 13.1. The maximum atomic E-state index is 13.6. The van der Waals surface area contributed by atoms with Crippen LogP contribution in [0.2, 0.25) is 0 Å². The van der Waals surface area contributed by atoms with Gasteiger partial charge < -0.3 is 25.8 Å². The quantitative estimate of drug-likeness (QED) is 0.0624. The van der Waals surface area contributed by atoms with Gasteiger partial charge in [-0.25, -0.2) is 10.9 Å². The van der Waals surface area contributed by atoms with Gasteiger partial charge in [-0.15, -0.1) is 0 Å². The Kier molecular flexibility index (Phi) is 9.62. The number of carbonyl (C=O) groups is 1. The van der Waals surface area contributed by atoms with E-state index in [0.29, 0.717) is 12.2 Å². The average molecular weight is 672 g/mol. The smallest absolute Gasteiger partial charge is 0.311 e. The van der Waals surface area contributed by atoms with E-state index in [-0.39, 0.29) is 15.9 Å². The molecule has 2 unspecified atom stereocenters. The van der Waals surface area contributed by atoms with Crippen LogP contribution >= 0.6 is 11.3 Å². The van der Waals surface area contributed by atoms with Crippen molar-refractivity contribution in [2.45, 2.75) is 68.9 Å². The molecule has 0 aliphatic carbocycles. The van der Waals surface area contributed by atoms with E-state index in [1.807, 2.05) is 91.9 Å². The molecule has 252 valence electrons. The maximum Gasteiger partial charge on any atom is 0.311 e. The number of carbonyl (C=O) groups excluding carboxylic acids is 1. The Hall–Kier alpha value is -4.60. The number of amides is 1. The number of nitrogens with two attached hydrogens (primary N) is 1. The summed E-state index contributed by atoms with van der Waals surface area (Å²) in [6.07, 6.45) is 0.0816. The van der Waals surface area contributed by atoms with Crippen LogP contribution < -0.4 is 42.3 Å². The van der Waals surface area contributed by atoms with Crippen LogP contribution in [0, 0.1) is 5.53 Å². The molecule has 0 radical (unpaired) electrons. The summed E-state index contributed by atoms with van der Waals surface area (Å²) in [6, 6.07) is 27.3. The number of rotatable bonds is 13. The molecule has 0 spiro atoms. The lowest BCUT2D eigenvalue weighted by Crippen LogP contribution is -2.63. The van der Waals surface area contributed by atoms with Gasteiger partial charge >= 0.3 is 4.87 Å². The van der Waals surface area contributed by atoms with Gasteiger partial charge in [0.1, 0.15) is 22.0 Å². The number of methoxy groups -OCH3 is 1. The van der Waals surface area contributed by atoms with Gasteiger partial charge in [-0.3, -0.25) is 19.6 Å². The minimum Gasteiger partial charge on any atom is -0.497 e. The summed E-state index contributed by atoms with van der Waals surface area (Å²) in [7, 11) is 1.63. The van der Waals surface area contributed by atoms with Crippen molar-refractivity contribution < 1.29 is 14.3 Å². The number of ether oxygens (including phenoxy) is 2. The summed E-state index contributed by atoms with van der Waals surface area (Å²) in [5.74, 6) is 0.601. The summed E-state index contributed by atoms with van der Waals surface area (Å²) < 4.78 is 13.3. The lowest BCUT2D eigenvalue weighted by atomic mass is 9.77. The molecular weight excluding hydrogens is 631 g/mol. The predicted octanol–water partition coefficient (Wildman–Crippen LogP) is 4.15. The number of nitrogens with zero attached hydrogens (tertiary/aromatic N) is 2. The van der Waals surface area contributed by atoms with E-state index < -0.39 is 35.5 Å². The van der Waals surface area contributed by atoms with E-state index in [9.17, 15) is 9.59 Å². The number of hydrazine groups is 1. The molecule has 1 saturated heterocycles. The molecule has 1 aromatic heterocycles. The molecule has 2 aliphatic rings. The van der Waals surface area contributed by atoms with Crippen LogP contribution in [0.4, 0.5) is 5.82 Å². The monoisotopic (exact) mass is 671 g/mol. The van der Waals surface area contributed by atoms with Crippen molar-refractivity contribution in [3.63, 3.8) is 0 Å². The Morgan fingerprint density at radius 2 is 1.69 bits per heavy atom. The molecule has 3 heterocycles. The standard InChI is InChI=1S/C34H41N9O4S/c1-4-11-26-20-33(35,21(2)39-42-36)30(47-26)43-28-27(48-32(43)45)29(44)38-31(37-28)40-41-34(22-12-7-5-8-13-22,23-14-9-6-10-15-23)24-16-18-25(46-3)19-17-24/h5-10,12-19,21,26,30-31,37,40-41H,4,11,20,35H2,1-3H3,(H2,36,39)(H,38,44)/t21-,26?,30+,31?,33+/m0/s1. The minimum absolute atomic E-state index is 0.211. The Morgan fingerprint density at radius 3 is 2.27 bits per heavy atom. The zero-order valence-electron chi connectivity index (χ0n) is 27.0. The lowest BCUT2D eigenvalue weighted by molar-refractivity contribution is -0.0271. The zero-order valence-corrected chi connectivity index (χ0v) is 27.8. The molecule has 0 saturated carbocycles. The van der Waals surface area contributed by atoms with Crippen molar-refractivity contribution in [2.75, 3.05) is 12.4 Å². The molecule has 1 amide bonds. The molecule has 5 atom stereocenters. The second-order valence-electron chi connectivity index (χ2n) is 12.1. The molecule has 3 aromatic carbocycles. The SMILES string of the molecule is CCCC1C[C@@](N)([C@H](C)NN=N)[C@H](n2c3c(sc2=O)C(=O)NC(NNC(c2ccccc2)(c2ccccc2)c2ccc(OC)cc2)N3)O1.